The highest BCUT2D eigenvalue weighted by Gasteiger charge is 2.15. The minimum absolute atomic E-state index is 0.123. The number of aromatic amines is 2. The second kappa shape index (κ2) is 9.15. The molecule has 0 unspecified atom stereocenters. The Morgan fingerprint density at radius 3 is 2.53 bits per heavy atom. The van der Waals surface area contributed by atoms with Crippen LogP contribution in [0, 0.1) is 5.82 Å². The van der Waals surface area contributed by atoms with E-state index in [2.05, 4.69) is 20.5 Å². The first kappa shape index (κ1) is 21.3. The van der Waals surface area contributed by atoms with Gasteiger partial charge in [-0.3, -0.25) is 9.59 Å². The maximum Gasteiger partial charge on any atom is 0.264 e. The number of nitrogens with zero attached hydrogens (tertiary/aromatic N) is 1. The van der Waals surface area contributed by atoms with E-state index in [0.717, 1.165) is 33.3 Å². The van der Waals surface area contributed by atoms with Gasteiger partial charge in [0.05, 0.1) is 5.69 Å². The van der Waals surface area contributed by atoms with E-state index >= 15 is 0 Å². The Morgan fingerprint density at radius 2 is 1.74 bits per heavy atom. The second-order valence-electron chi connectivity index (χ2n) is 7.97. The van der Waals surface area contributed by atoms with E-state index in [1.54, 1.807) is 18.2 Å². The molecule has 0 saturated carbocycles. The third-order valence-electron chi connectivity index (χ3n) is 5.67. The van der Waals surface area contributed by atoms with Gasteiger partial charge in [-0.05, 0) is 66.1 Å². The number of rotatable bonds is 6. The number of para-hydroxylation sites is 1. The van der Waals surface area contributed by atoms with Crippen LogP contribution < -0.4 is 10.9 Å². The van der Waals surface area contributed by atoms with Crippen molar-refractivity contribution in [2.75, 3.05) is 5.32 Å². The monoisotopic (exact) mass is 452 g/mol. The van der Waals surface area contributed by atoms with Crippen molar-refractivity contribution >= 4 is 22.5 Å². The Bertz CT molecular complexity index is 1520. The van der Waals surface area contributed by atoms with E-state index in [-0.39, 0.29) is 23.7 Å². The SMILES string of the molecule is O=C(CCc1c(-c2ccc(F)cc2)[nH]c2ccccc12)Nc1cccc(-c2ccc(=O)[nH]n2)c1. The number of hydrogen-bond donors (Lipinski definition) is 3. The Balaban J connectivity index is 1.35. The van der Waals surface area contributed by atoms with Crippen molar-refractivity contribution in [1.82, 2.24) is 15.2 Å². The molecule has 5 rings (SSSR count). The maximum absolute atomic E-state index is 13.4. The van der Waals surface area contributed by atoms with Crippen LogP contribution in [0.4, 0.5) is 10.1 Å². The second-order valence-corrected chi connectivity index (χ2v) is 7.97. The van der Waals surface area contributed by atoms with Crippen LogP contribution in [-0.4, -0.2) is 21.1 Å². The van der Waals surface area contributed by atoms with Crippen molar-refractivity contribution in [2.24, 2.45) is 0 Å². The zero-order valence-electron chi connectivity index (χ0n) is 18.1. The molecule has 2 aromatic heterocycles. The normalized spacial score (nSPS) is 11.0. The highest BCUT2D eigenvalue weighted by Crippen LogP contribution is 2.31. The van der Waals surface area contributed by atoms with Gasteiger partial charge >= 0.3 is 0 Å². The van der Waals surface area contributed by atoms with Gasteiger partial charge in [0.15, 0.2) is 0 Å². The minimum atomic E-state index is -0.292. The number of hydrogen-bond acceptors (Lipinski definition) is 3. The van der Waals surface area contributed by atoms with Crippen molar-refractivity contribution in [3.63, 3.8) is 0 Å². The van der Waals surface area contributed by atoms with Gasteiger partial charge in [-0.15, -0.1) is 0 Å². The number of carbonyl (C=O) groups is 1. The van der Waals surface area contributed by atoms with Crippen LogP contribution >= 0.6 is 0 Å². The summed E-state index contributed by atoms with van der Waals surface area (Å²) >= 11 is 0. The molecule has 6 nitrogen and oxygen atoms in total. The molecule has 3 N–H and O–H groups in total. The van der Waals surface area contributed by atoms with Gasteiger partial charge in [0.2, 0.25) is 5.91 Å². The third kappa shape index (κ3) is 4.49. The third-order valence-corrected chi connectivity index (χ3v) is 5.67. The van der Waals surface area contributed by atoms with E-state index in [1.807, 2.05) is 48.5 Å². The first-order chi connectivity index (χ1) is 16.6. The number of benzene rings is 3. The van der Waals surface area contributed by atoms with Crippen LogP contribution in [0.1, 0.15) is 12.0 Å². The topological polar surface area (TPSA) is 90.6 Å². The minimum Gasteiger partial charge on any atom is -0.354 e. The van der Waals surface area contributed by atoms with Gasteiger partial charge < -0.3 is 10.3 Å². The van der Waals surface area contributed by atoms with Crippen molar-refractivity contribution in [2.45, 2.75) is 12.8 Å². The van der Waals surface area contributed by atoms with Crippen molar-refractivity contribution < 1.29 is 9.18 Å². The van der Waals surface area contributed by atoms with Crippen LogP contribution in [0.3, 0.4) is 0 Å². The van der Waals surface area contributed by atoms with Crippen molar-refractivity contribution in [3.8, 4) is 22.5 Å². The predicted molar refractivity (Wildman–Crippen MR) is 131 cm³/mol. The summed E-state index contributed by atoms with van der Waals surface area (Å²) in [5.41, 5.74) is 5.51. The average Bonchev–Trinajstić information content (AvgIpc) is 3.22. The van der Waals surface area contributed by atoms with Crippen LogP contribution in [-0.2, 0) is 11.2 Å². The first-order valence-corrected chi connectivity index (χ1v) is 10.9. The largest absolute Gasteiger partial charge is 0.354 e. The number of carbonyl (C=O) groups excluding carboxylic acids is 1. The summed E-state index contributed by atoms with van der Waals surface area (Å²) in [6, 6.07) is 24.6. The van der Waals surface area contributed by atoms with Crippen LogP contribution in [0.15, 0.2) is 89.7 Å². The summed E-state index contributed by atoms with van der Waals surface area (Å²) in [6.07, 6.45) is 0.793. The molecular formula is C27H21FN4O2. The summed E-state index contributed by atoms with van der Waals surface area (Å²) in [5, 5.41) is 10.4. The van der Waals surface area contributed by atoms with Crippen molar-refractivity contribution in [1.29, 1.82) is 0 Å². The van der Waals surface area contributed by atoms with Crippen LogP contribution in [0.5, 0.6) is 0 Å². The molecule has 0 aliphatic carbocycles. The molecule has 1 amide bonds. The molecule has 0 spiro atoms. The zero-order valence-corrected chi connectivity index (χ0v) is 18.1. The van der Waals surface area contributed by atoms with Crippen LogP contribution in [0.2, 0.25) is 0 Å². The molecule has 5 aromatic rings. The number of nitrogens with one attached hydrogen (secondary N) is 3. The molecule has 168 valence electrons. The Hall–Kier alpha value is -4.52. The molecule has 3 aromatic carbocycles. The quantitative estimate of drug-likeness (QED) is 0.327. The highest BCUT2D eigenvalue weighted by molar-refractivity contribution is 5.94. The molecule has 34 heavy (non-hydrogen) atoms. The lowest BCUT2D eigenvalue weighted by molar-refractivity contribution is -0.116. The van der Waals surface area contributed by atoms with E-state index in [0.29, 0.717) is 17.8 Å². The Kier molecular flexibility index (Phi) is 5.74. The first-order valence-electron chi connectivity index (χ1n) is 10.9. The lowest BCUT2D eigenvalue weighted by atomic mass is 10.0. The predicted octanol–water partition coefficient (Wildman–Crippen LogP) is 5.30. The molecule has 0 atom stereocenters. The number of aryl methyl sites for hydroxylation is 1. The van der Waals surface area contributed by atoms with Crippen LogP contribution in [0.25, 0.3) is 33.4 Å². The molecule has 0 fully saturated rings. The van der Waals surface area contributed by atoms with Gasteiger partial charge in [-0.25, -0.2) is 9.49 Å². The standard InChI is InChI=1S/C27H21FN4O2/c28-19-10-8-17(9-11-19)27-22(21-6-1-2-7-24(21)30-27)12-14-25(33)29-20-5-3-4-18(16-20)23-13-15-26(34)32-31-23/h1-11,13,15-16,30H,12,14H2,(H,29,33)(H,32,34). The summed E-state index contributed by atoms with van der Waals surface area (Å²) in [4.78, 5) is 27.5. The number of anilines is 1. The Morgan fingerprint density at radius 1 is 0.912 bits per heavy atom. The van der Waals surface area contributed by atoms with Gasteiger partial charge in [-0.2, -0.15) is 5.10 Å². The van der Waals surface area contributed by atoms with Gasteiger partial charge in [0, 0.05) is 40.3 Å². The summed E-state index contributed by atoms with van der Waals surface area (Å²) in [5.74, 6) is -0.415. The number of fused-ring (bicyclic) bond motifs is 1. The van der Waals surface area contributed by atoms with Gasteiger partial charge in [0.25, 0.3) is 5.56 Å². The molecule has 0 aliphatic rings. The summed E-state index contributed by atoms with van der Waals surface area (Å²) < 4.78 is 13.4. The highest BCUT2D eigenvalue weighted by atomic mass is 19.1. The lowest BCUT2D eigenvalue weighted by Gasteiger charge is -2.09. The molecule has 0 aliphatic heterocycles. The average molecular weight is 452 g/mol. The van der Waals surface area contributed by atoms with E-state index in [9.17, 15) is 14.0 Å². The molecule has 0 radical (unpaired) electrons. The zero-order chi connectivity index (χ0) is 23.5. The fraction of sp³-hybridized carbons (Fsp3) is 0.0741. The molecule has 2 heterocycles. The molecule has 0 saturated heterocycles. The van der Waals surface area contributed by atoms with E-state index in [1.165, 1.54) is 18.2 Å². The van der Waals surface area contributed by atoms with Crippen molar-refractivity contribution in [3.05, 3.63) is 107 Å². The number of amides is 1. The van der Waals surface area contributed by atoms with E-state index < -0.39 is 0 Å². The fourth-order valence-corrected chi connectivity index (χ4v) is 4.05. The Labute approximate surface area is 194 Å². The number of halogens is 1. The maximum atomic E-state index is 13.4. The lowest BCUT2D eigenvalue weighted by Crippen LogP contribution is -2.12. The molecule has 7 heteroatoms. The molecular weight excluding hydrogens is 431 g/mol. The summed E-state index contributed by atoms with van der Waals surface area (Å²) in [6.45, 7) is 0. The van der Waals surface area contributed by atoms with E-state index in [4.69, 9.17) is 0 Å². The van der Waals surface area contributed by atoms with Gasteiger partial charge in [0.1, 0.15) is 5.82 Å². The number of aromatic nitrogens is 3. The van der Waals surface area contributed by atoms with Gasteiger partial charge in [-0.1, -0.05) is 30.3 Å². The molecule has 0 bridgehead atoms. The smallest absolute Gasteiger partial charge is 0.264 e. The fourth-order valence-electron chi connectivity index (χ4n) is 4.05. The number of H-pyrrole nitrogens is 2. The summed E-state index contributed by atoms with van der Waals surface area (Å²) in [7, 11) is 0.